The van der Waals surface area contributed by atoms with Gasteiger partial charge >= 0.3 is 5.97 Å². The third kappa shape index (κ3) is 7.98. The van der Waals surface area contributed by atoms with Gasteiger partial charge in [-0.1, -0.05) is 63.4 Å². The summed E-state index contributed by atoms with van der Waals surface area (Å²) >= 11 is 0. The van der Waals surface area contributed by atoms with E-state index in [0.717, 1.165) is 25.2 Å². The fourth-order valence-corrected chi connectivity index (χ4v) is 2.28. The number of carbonyl (C=O) groups is 1. The van der Waals surface area contributed by atoms with E-state index < -0.39 is 0 Å². The first-order valence-corrected chi connectivity index (χ1v) is 7.92. The largest absolute Gasteiger partial charge is 0.466 e. The second-order valence-electron chi connectivity index (χ2n) is 5.60. The Hall–Kier alpha value is -1.31. The Bertz CT molecular complexity index is 359. The molecule has 0 fully saturated rings. The number of aryl methyl sites for hydroxylation is 1. The summed E-state index contributed by atoms with van der Waals surface area (Å²) in [5.41, 5.74) is 1.19. The van der Waals surface area contributed by atoms with Gasteiger partial charge in [-0.2, -0.15) is 0 Å². The van der Waals surface area contributed by atoms with Crippen LogP contribution >= 0.6 is 0 Å². The minimum absolute atomic E-state index is 0.0740. The molecule has 20 heavy (non-hydrogen) atoms. The summed E-state index contributed by atoms with van der Waals surface area (Å²) in [6.07, 6.45) is 7.26. The van der Waals surface area contributed by atoms with Crippen LogP contribution in [0.15, 0.2) is 30.3 Å². The predicted molar refractivity (Wildman–Crippen MR) is 83.6 cm³/mol. The minimum Gasteiger partial charge on any atom is -0.466 e. The van der Waals surface area contributed by atoms with Gasteiger partial charge in [0.2, 0.25) is 0 Å². The average molecular weight is 276 g/mol. The van der Waals surface area contributed by atoms with E-state index in [2.05, 4.69) is 13.8 Å². The van der Waals surface area contributed by atoms with Gasteiger partial charge in [-0.3, -0.25) is 4.79 Å². The summed E-state index contributed by atoms with van der Waals surface area (Å²) in [5, 5.41) is 0. The topological polar surface area (TPSA) is 26.3 Å². The Labute approximate surface area is 123 Å². The molecule has 0 bridgehead atoms. The van der Waals surface area contributed by atoms with E-state index in [9.17, 15) is 4.79 Å². The average Bonchev–Trinajstić information content (AvgIpc) is 2.48. The fourth-order valence-electron chi connectivity index (χ4n) is 2.28. The Morgan fingerprint density at radius 2 is 1.85 bits per heavy atom. The lowest BCUT2D eigenvalue weighted by Gasteiger charge is -2.10. The molecule has 0 aliphatic heterocycles. The number of rotatable bonds is 10. The Balaban J connectivity index is 2.03. The van der Waals surface area contributed by atoms with E-state index in [4.69, 9.17) is 4.74 Å². The normalized spacial score (nSPS) is 12.1. The molecule has 1 aromatic carbocycles. The molecule has 1 atom stereocenters. The van der Waals surface area contributed by atoms with Gasteiger partial charge in [-0.25, -0.2) is 0 Å². The molecule has 0 aliphatic rings. The maximum absolute atomic E-state index is 11.6. The van der Waals surface area contributed by atoms with Crippen LogP contribution in [0.3, 0.4) is 0 Å². The van der Waals surface area contributed by atoms with Crippen LogP contribution < -0.4 is 0 Å². The highest BCUT2D eigenvalue weighted by atomic mass is 16.5. The molecule has 0 saturated heterocycles. The van der Waals surface area contributed by atoms with Crippen LogP contribution in [0.25, 0.3) is 0 Å². The molecule has 2 heteroatoms. The number of carbonyl (C=O) groups excluding carboxylic acids is 1. The number of unbranched alkanes of at least 4 members (excludes halogenated alkanes) is 1. The minimum atomic E-state index is -0.0740. The van der Waals surface area contributed by atoms with Gasteiger partial charge in [0.05, 0.1) is 6.61 Å². The molecule has 0 aromatic heterocycles. The van der Waals surface area contributed by atoms with E-state index in [0.29, 0.717) is 13.0 Å². The standard InChI is InChI=1S/C18H28O2/c1-3-4-9-16(2)10-8-15-20-18(19)14-13-17-11-6-5-7-12-17/h5-7,11-12,16H,3-4,8-10,13-15H2,1-2H3. The third-order valence-electron chi connectivity index (χ3n) is 3.62. The van der Waals surface area contributed by atoms with E-state index in [-0.39, 0.29) is 5.97 Å². The van der Waals surface area contributed by atoms with Crippen LogP contribution in [-0.2, 0) is 16.0 Å². The summed E-state index contributed by atoms with van der Waals surface area (Å²) in [6.45, 7) is 5.08. The molecule has 112 valence electrons. The second kappa shape index (κ2) is 10.5. The van der Waals surface area contributed by atoms with E-state index in [1.54, 1.807) is 0 Å². The van der Waals surface area contributed by atoms with Crippen molar-refractivity contribution in [2.75, 3.05) is 6.61 Å². The number of hydrogen-bond acceptors (Lipinski definition) is 2. The Morgan fingerprint density at radius 3 is 2.55 bits per heavy atom. The van der Waals surface area contributed by atoms with Gasteiger partial charge in [0.1, 0.15) is 0 Å². The van der Waals surface area contributed by atoms with Crippen LogP contribution in [0.5, 0.6) is 0 Å². The first-order valence-electron chi connectivity index (χ1n) is 7.92. The van der Waals surface area contributed by atoms with E-state index >= 15 is 0 Å². The highest BCUT2D eigenvalue weighted by Crippen LogP contribution is 2.13. The Kier molecular flexibility index (Phi) is 8.77. The van der Waals surface area contributed by atoms with Gasteiger partial charge in [0.25, 0.3) is 0 Å². The first kappa shape index (κ1) is 16.7. The quantitative estimate of drug-likeness (QED) is 0.454. The molecule has 0 spiro atoms. The molecule has 1 unspecified atom stereocenters. The molecule has 1 aromatic rings. The Morgan fingerprint density at radius 1 is 1.15 bits per heavy atom. The summed E-state index contributed by atoms with van der Waals surface area (Å²) in [5.74, 6) is 0.674. The lowest BCUT2D eigenvalue weighted by Crippen LogP contribution is -2.08. The van der Waals surface area contributed by atoms with E-state index in [1.165, 1.54) is 24.8 Å². The van der Waals surface area contributed by atoms with Crippen LogP contribution in [0, 0.1) is 5.92 Å². The smallest absolute Gasteiger partial charge is 0.306 e. The molecule has 0 radical (unpaired) electrons. The number of esters is 1. The fraction of sp³-hybridized carbons (Fsp3) is 0.611. The zero-order valence-electron chi connectivity index (χ0n) is 12.9. The monoisotopic (exact) mass is 276 g/mol. The van der Waals surface area contributed by atoms with Gasteiger partial charge in [0.15, 0.2) is 0 Å². The van der Waals surface area contributed by atoms with Crippen molar-refractivity contribution in [3.63, 3.8) is 0 Å². The maximum atomic E-state index is 11.6. The third-order valence-corrected chi connectivity index (χ3v) is 3.62. The van der Waals surface area contributed by atoms with Crippen molar-refractivity contribution in [3.8, 4) is 0 Å². The van der Waals surface area contributed by atoms with Crippen molar-refractivity contribution >= 4 is 5.97 Å². The van der Waals surface area contributed by atoms with Gasteiger partial charge in [-0.05, 0) is 30.7 Å². The highest BCUT2D eigenvalue weighted by molar-refractivity contribution is 5.69. The summed E-state index contributed by atoms with van der Waals surface area (Å²) in [6, 6.07) is 10.1. The zero-order valence-corrected chi connectivity index (χ0v) is 12.9. The number of benzene rings is 1. The van der Waals surface area contributed by atoms with Crippen molar-refractivity contribution in [2.24, 2.45) is 5.92 Å². The molecule has 0 aliphatic carbocycles. The molecule has 0 amide bonds. The zero-order chi connectivity index (χ0) is 14.6. The summed E-state index contributed by atoms with van der Waals surface area (Å²) in [4.78, 5) is 11.6. The molecule has 2 nitrogen and oxygen atoms in total. The summed E-state index contributed by atoms with van der Waals surface area (Å²) < 4.78 is 5.28. The van der Waals surface area contributed by atoms with Crippen LogP contribution in [0.1, 0.15) is 57.9 Å². The maximum Gasteiger partial charge on any atom is 0.306 e. The number of ether oxygens (including phenoxy) is 1. The van der Waals surface area contributed by atoms with Gasteiger partial charge < -0.3 is 4.74 Å². The van der Waals surface area contributed by atoms with Crippen LogP contribution in [0.2, 0.25) is 0 Å². The van der Waals surface area contributed by atoms with Crippen molar-refractivity contribution in [3.05, 3.63) is 35.9 Å². The molecular weight excluding hydrogens is 248 g/mol. The summed E-state index contributed by atoms with van der Waals surface area (Å²) in [7, 11) is 0. The molecule has 0 N–H and O–H groups in total. The molecular formula is C18H28O2. The van der Waals surface area contributed by atoms with Crippen molar-refractivity contribution in [2.45, 2.75) is 58.8 Å². The van der Waals surface area contributed by atoms with Crippen LogP contribution in [0.4, 0.5) is 0 Å². The molecule has 0 heterocycles. The van der Waals surface area contributed by atoms with E-state index in [1.807, 2.05) is 30.3 Å². The van der Waals surface area contributed by atoms with Crippen molar-refractivity contribution in [1.29, 1.82) is 0 Å². The van der Waals surface area contributed by atoms with Crippen LogP contribution in [-0.4, -0.2) is 12.6 Å². The second-order valence-corrected chi connectivity index (χ2v) is 5.60. The highest BCUT2D eigenvalue weighted by Gasteiger charge is 2.05. The first-order chi connectivity index (χ1) is 9.72. The predicted octanol–water partition coefficient (Wildman–Crippen LogP) is 4.77. The SMILES string of the molecule is CCCCC(C)CCCOC(=O)CCc1ccccc1. The number of hydrogen-bond donors (Lipinski definition) is 0. The molecule has 0 saturated carbocycles. The van der Waals surface area contributed by atoms with Crippen molar-refractivity contribution in [1.82, 2.24) is 0 Å². The van der Waals surface area contributed by atoms with Crippen molar-refractivity contribution < 1.29 is 9.53 Å². The lowest BCUT2D eigenvalue weighted by atomic mass is 9.99. The lowest BCUT2D eigenvalue weighted by molar-refractivity contribution is -0.143. The van der Waals surface area contributed by atoms with Gasteiger partial charge in [0, 0.05) is 6.42 Å². The van der Waals surface area contributed by atoms with Gasteiger partial charge in [-0.15, -0.1) is 0 Å². The molecule has 1 rings (SSSR count).